The van der Waals surface area contributed by atoms with Crippen molar-refractivity contribution in [2.45, 2.75) is 45.2 Å². The first-order valence-electron chi connectivity index (χ1n) is 7.10. The predicted molar refractivity (Wildman–Crippen MR) is 79.5 cm³/mol. The Balaban J connectivity index is 2.22. The second-order valence-electron chi connectivity index (χ2n) is 5.20. The minimum absolute atomic E-state index is 0.276. The van der Waals surface area contributed by atoms with Gasteiger partial charge in [-0.05, 0) is 31.0 Å². The summed E-state index contributed by atoms with van der Waals surface area (Å²) in [7, 11) is 0. The van der Waals surface area contributed by atoms with E-state index >= 15 is 0 Å². The van der Waals surface area contributed by atoms with Gasteiger partial charge in [-0.25, -0.2) is 4.39 Å². The molecule has 1 aliphatic heterocycles. The first-order chi connectivity index (χ1) is 9.15. The predicted octanol–water partition coefficient (Wildman–Crippen LogP) is 3.84. The SMILES string of the molecule is CCCC1CN(c2ccc(F)cc2Cl)C(CC)CN1. The third-order valence-corrected chi connectivity index (χ3v) is 4.13. The molecule has 1 saturated heterocycles. The highest BCUT2D eigenvalue weighted by atomic mass is 35.5. The standard InChI is InChI=1S/C15H22ClFN2/c1-3-5-12-10-19(13(4-2)9-18-12)15-7-6-11(17)8-14(15)16/h6-8,12-13,18H,3-5,9-10H2,1-2H3. The van der Waals surface area contributed by atoms with Crippen LogP contribution in [0, 0.1) is 5.82 Å². The number of hydrogen-bond acceptors (Lipinski definition) is 2. The van der Waals surface area contributed by atoms with Crippen molar-refractivity contribution < 1.29 is 4.39 Å². The fourth-order valence-corrected chi connectivity index (χ4v) is 3.06. The van der Waals surface area contributed by atoms with E-state index in [0.717, 1.165) is 31.6 Å². The first-order valence-corrected chi connectivity index (χ1v) is 7.48. The molecule has 2 atom stereocenters. The number of hydrogen-bond donors (Lipinski definition) is 1. The van der Waals surface area contributed by atoms with E-state index < -0.39 is 0 Å². The molecule has 0 aliphatic carbocycles. The summed E-state index contributed by atoms with van der Waals surface area (Å²) in [6.07, 6.45) is 3.38. The average Bonchev–Trinajstić information content (AvgIpc) is 2.39. The maximum absolute atomic E-state index is 13.2. The van der Waals surface area contributed by atoms with Crippen molar-refractivity contribution >= 4 is 17.3 Å². The molecule has 0 spiro atoms. The number of halogens is 2. The molecule has 1 aromatic carbocycles. The summed E-state index contributed by atoms with van der Waals surface area (Å²) in [6.45, 7) is 6.28. The Labute approximate surface area is 119 Å². The lowest BCUT2D eigenvalue weighted by atomic mass is 10.0. The lowest BCUT2D eigenvalue weighted by Crippen LogP contribution is -2.56. The van der Waals surface area contributed by atoms with Crippen LogP contribution in [0.15, 0.2) is 18.2 Å². The molecule has 0 bridgehead atoms. The van der Waals surface area contributed by atoms with Crippen LogP contribution in [-0.4, -0.2) is 25.2 Å². The molecule has 106 valence electrons. The topological polar surface area (TPSA) is 15.3 Å². The Morgan fingerprint density at radius 2 is 2.21 bits per heavy atom. The summed E-state index contributed by atoms with van der Waals surface area (Å²) < 4.78 is 13.2. The van der Waals surface area contributed by atoms with Crippen molar-refractivity contribution in [3.8, 4) is 0 Å². The van der Waals surface area contributed by atoms with Crippen LogP contribution in [0.3, 0.4) is 0 Å². The second kappa shape index (κ2) is 6.58. The summed E-state index contributed by atoms with van der Waals surface area (Å²) in [5.74, 6) is -0.276. The number of anilines is 1. The van der Waals surface area contributed by atoms with Gasteiger partial charge in [0.1, 0.15) is 5.82 Å². The number of nitrogens with one attached hydrogen (secondary N) is 1. The fourth-order valence-electron chi connectivity index (χ4n) is 2.78. The lowest BCUT2D eigenvalue weighted by Gasteiger charge is -2.42. The van der Waals surface area contributed by atoms with Gasteiger partial charge in [0.05, 0.1) is 10.7 Å². The molecule has 4 heteroatoms. The van der Waals surface area contributed by atoms with Crippen LogP contribution in [0.2, 0.25) is 5.02 Å². The van der Waals surface area contributed by atoms with Crippen LogP contribution in [0.1, 0.15) is 33.1 Å². The highest BCUT2D eigenvalue weighted by Gasteiger charge is 2.27. The van der Waals surface area contributed by atoms with Gasteiger partial charge in [-0.1, -0.05) is 31.9 Å². The molecule has 0 radical (unpaired) electrons. The molecule has 1 heterocycles. The van der Waals surface area contributed by atoms with Crippen LogP contribution in [-0.2, 0) is 0 Å². The molecule has 0 saturated carbocycles. The molecular formula is C15H22ClFN2. The van der Waals surface area contributed by atoms with E-state index in [1.54, 1.807) is 6.07 Å². The zero-order valence-corrected chi connectivity index (χ0v) is 12.4. The molecule has 1 aromatic rings. The summed E-state index contributed by atoms with van der Waals surface area (Å²) in [6, 6.07) is 5.62. The van der Waals surface area contributed by atoms with Gasteiger partial charge in [0.25, 0.3) is 0 Å². The Bertz CT molecular complexity index is 425. The number of nitrogens with zero attached hydrogens (tertiary/aromatic N) is 1. The van der Waals surface area contributed by atoms with Crippen molar-refractivity contribution in [2.75, 3.05) is 18.0 Å². The van der Waals surface area contributed by atoms with E-state index in [-0.39, 0.29) is 5.82 Å². The highest BCUT2D eigenvalue weighted by molar-refractivity contribution is 6.33. The van der Waals surface area contributed by atoms with Crippen molar-refractivity contribution in [1.82, 2.24) is 5.32 Å². The average molecular weight is 285 g/mol. The monoisotopic (exact) mass is 284 g/mol. The maximum Gasteiger partial charge on any atom is 0.124 e. The minimum atomic E-state index is -0.276. The van der Waals surface area contributed by atoms with E-state index in [9.17, 15) is 4.39 Å². The molecule has 1 N–H and O–H groups in total. The number of rotatable bonds is 4. The van der Waals surface area contributed by atoms with Crippen molar-refractivity contribution in [3.63, 3.8) is 0 Å². The normalized spacial score (nSPS) is 23.7. The largest absolute Gasteiger partial charge is 0.365 e. The highest BCUT2D eigenvalue weighted by Crippen LogP contribution is 2.30. The molecule has 1 fully saturated rings. The molecule has 2 nitrogen and oxygen atoms in total. The Hall–Kier alpha value is -0.800. The Morgan fingerprint density at radius 3 is 2.84 bits per heavy atom. The van der Waals surface area contributed by atoms with E-state index in [2.05, 4.69) is 24.1 Å². The molecule has 0 amide bonds. The summed E-state index contributed by atoms with van der Waals surface area (Å²) in [4.78, 5) is 2.33. The van der Waals surface area contributed by atoms with Gasteiger partial charge in [0.2, 0.25) is 0 Å². The van der Waals surface area contributed by atoms with Crippen LogP contribution in [0.4, 0.5) is 10.1 Å². The number of piperazine rings is 1. The van der Waals surface area contributed by atoms with Gasteiger partial charge < -0.3 is 10.2 Å². The van der Waals surface area contributed by atoms with E-state index in [4.69, 9.17) is 11.6 Å². The third kappa shape index (κ3) is 3.40. The first kappa shape index (κ1) is 14.6. The summed E-state index contributed by atoms with van der Waals surface area (Å²) in [5, 5.41) is 4.10. The summed E-state index contributed by atoms with van der Waals surface area (Å²) >= 11 is 6.21. The molecule has 2 unspecified atom stereocenters. The Morgan fingerprint density at radius 1 is 1.42 bits per heavy atom. The third-order valence-electron chi connectivity index (χ3n) is 3.83. The zero-order valence-electron chi connectivity index (χ0n) is 11.6. The maximum atomic E-state index is 13.2. The van der Waals surface area contributed by atoms with E-state index in [1.165, 1.54) is 18.6 Å². The second-order valence-corrected chi connectivity index (χ2v) is 5.61. The van der Waals surface area contributed by atoms with Crippen LogP contribution in [0.5, 0.6) is 0 Å². The van der Waals surface area contributed by atoms with Gasteiger partial charge in [-0.2, -0.15) is 0 Å². The van der Waals surface area contributed by atoms with E-state index in [1.807, 2.05) is 0 Å². The van der Waals surface area contributed by atoms with Gasteiger partial charge in [0.15, 0.2) is 0 Å². The van der Waals surface area contributed by atoms with Crippen LogP contribution >= 0.6 is 11.6 Å². The minimum Gasteiger partial charge on any atom is -0.365 e. The molecule has 19 heavy (non-hydrogen) atoms. The van der Waals surface area contributed by atoms with Gasteiger partial charge in [-0.15, -0.1) is 0 Å². The van der Waals surface area contributed by atoms with Gasteiger partial charge in [0, 0.05) is 25.2 Å². The molecule has 1 aliphatic rings. The van der Waals surface area contributed by atoms with E-state index in [0.29, 0.717) is 17.1 Å². The fraction of sp³-hybridized carbons (Fsp3) is 0.600. The molecule has 0 aromatic heterocycles. The van der Waals surface area contributed by atoms with Crippen molar-refractivity contribution in [3.05, 3.63) is 29.0 Å². The quantitative estimate of drug-likeness (QED) is 0.904. The van der Waals surface area contributed by atoms with Gasteiger partial charge >= 0.3 is 0 Å². The Kier molecular flexibility index (Phi) is 5.06. The van der Waals surface area contributed by atoms with Crippen molar-refractivity contribution in [2.24, 2.45) is 0 Å². The smallest absolute Gasteiger partial charge is 0.124 e. The summed E-state index contributed by atoms with van der Waals surface area (Å²) in [5.41, 5.74) is 0.956. The van der Waals surface area contributed by atoms with Crippen LogP contribution < -0.4 is 10.2 Å². The zero-order chi connectivity index (χ0) is 13.8. The van der Waals surface area contributed by atoms with Gasteiger partial charge in [-0.3, -0.25) is 0 Å². The molecular weight excluding hydrogens is 263 g/mol. The van der Waals surface area contributed by atoms with Crippen LogP contribution in [0.25, 0.3) is 0 Å². The number of benzene rings is 1. The lowest BCUT2D eigenvalue weighted by molar-refractivity contribution is 0.369. The molecule has 2 rings (SSSR count). The van der Waals surface area contributed by atoms with Crippen molar-refractivity contribution in [1.29, 1.82) is 0 Å².